The molecule has 1 aromatic rings. The van der Waals surface area contributed by atoms with Crippen LogP contribution in [0.15, 0.2) is 21.8 Å². The van der Waals surface area contributed by atoms with Gasteiger partial charge in [-0.15, -0.1) is 24.0 Å². The molecule has 0 amide bonds. The summed E-state index contributed by atoms with van der Waals surface area (Å²) < 4.78 is 0. The summed E-state index contributed by atoms with van der Waals surface area (Å²) in [5.41, 5.74) is 1.66. The number of aliphatic imine (C=N–C) groups is 1. The average molecular weight is 495 g/mol. The van der Waals surface area contributed by atoms with Gasteiger partial charge in [0.05, 0.1) is 0 Å². The maximum absolute atomic E-state index is 4.42. The summed E-state index contributed by atoms with van der Waals surface area (Å²) in [5.74, 6) is 3.50. The van der Waals surface area contributed by atoms with Gasteiger partial charge in [0.1, 0.15) is 0 Å². The fraction of sp³-hybridized carbons (Fsp3) is 0.722. The smallest absolute Gasteiger partial charge is 0.191 e. The number of rotatable bonds is 5. The molecule has 0 unspecified atom stereocenters. The standard InChI is InChI=1S/C18H30N4S2.HI/c1-19-17(20-13-16-5-10-24-14-16)21-15-18(6-3-2-4-7-18)22-8-11-23-12-9-22;/h5,10,14H,2-4,6-9,11-13,15H2,1H3,(H2,19,20,21);1H. The lowest BCUT2D eigenvalue weighted by atomic mass is 9.80. The van der Waals surface area contributed by atoms with Crippen molar-refractivity contribution in [2.75, 3.05) is 38.2 Å². The van der Waals surface area contributed by atoms with Crippen LogP contribution in [0, 0.1) is 0 Å². The first-order valence-corrected chi connectivity index (χ1v) is 11.2. The summed E-state index contributed by atoms with van der Waals surface area (Å²) in [6.07, 6.45) is 6.78. The number of hydrogen-bond acceptors (Lipinski definition) is 4. The highest BCUT2D eigenvalue weighted by Crippen LogP contribution is 2.34. The van der Waals surface area contributed by atoms with Gasteiger partial charge in [0.2, 0.25) is 0 Å². The van der Waals surface area contributed by atoms with E-state index in [1.807, 2.05) is 7.05 Å². The van der Waals surface area contributed by atoms with Gasteiger partial charge >= 0.3 is 0 Å². The van der Waals surface area contributed by atoms with E-state index in [0.29, 0.717) is 5.54 Å². The highest BCUT2D eigenvalue weighted by molar-refractivity contribution is 14.0. The van der Waals surface area contributed by atoms with Crippen LogP contribution in [-0.2, 0) is 6.54 Å². The van der Waals surface area contributed by atoms with Crippen molar-refractivity contribution in [1.29, 1.82) is 0 Å². The summed E-state index contributed by atoms with van der Waals surface area (Å²) >= 11 is 3.84. The Morgan fingerprint density at radius 3 is 2.60 bits per heavy atom. The number of hydrogen-bond donors (Lipinski definition) is 2. The van der Waals surface area contributed by atoms with Crippen molar-refractivity contribution in [1.82, 2.24) is 15.5 Å². The van der Waals surface area contributed by atoms with Gasteiger partial charge in [0, 0.05) is 50.3 Å². The highest BCUT2D eigenvalue weighted by atomic mass is 127. The molecule has 7 heteroatoms. The molecule has 4 nitrogen and oxygen atoms in total. The number of halogens is 1. The van der Waals surface area contributed by atoms with Gasteiger partial charge < -0.3 is 10.6 Å². The molecule has 0 spiro atoms. The van der Waals surface area contributed by atoms with E-state index < -0.39 is 0 Å². The van der Waals surface area contributed by atoms with Crippen LogP contribution in [-0.4, -0.2) is 54.6 Å². The van der Waals surface area contributed by atoms with Gasteiger partial charge in [-0.2, -0.15) is 23.1 Å². The fourth-order valence-electron chi connectivity index (χ4n) is 3.90. The summed E-state index contributed by atoms with van der Waals surface area (Å²) in [7, 11) is 1.87. The molecule has 0 radical (unpaired) electrons. The van der Waals surface area contributed by atoms with Gasteiger partial charge in [-0.25, -0.2) is 0 Å². The van der Waals surface area contributed by atoms with E-state index in [9.17, 15) is 0 Å². The first kappa shape index (κ1) is 21.3. The normalized spacial score (nSPS) is 21.4. The minimum absolute atomic E-state index is 0. The Morgan fingerprint density at radius 2 is 1.96 bits per heavy atom. The van der Waals surface area contributed by atoms with E-state index in [1.54, 1.807) is 11.3 Å². The van der Waals surface area contributed by atoms with E-state index in [-0.39, 0.29) is 24.0 Å². The molecular weight excluding hydrogens is 463 g/mol. The largest absolute Gasteiger partial charge is 0.355 e. The maximum atomic E-state index is 4.42. The van der Waals surface area contributed by atoms with Crippen molar-refractivity contribution in [3.63, 3.8) is 0 Å². The van der Waals surface area contributed by atoms with Crippen LogP contribution >= 0.6 is 47.1 Å². The van der Waals surface area contributed by atoms with Gasteiger partial charge in [0.25, 0.3) is 0 Å². The van der Waals surface area contributed by atoms with Crippen LogP contribution in [0.1, 0.15) is 37.7 Å². The summed E-state index contributed by atoms with van der Waals surface area (Å²) in [5, 5.41) is 11.4. The predicted molar refractivity (Wildman–Crippen MR) is 123 cm³/mol. The zero-order valence-corrected chi connectivity index (χ0v) is 19.1. The van der Waals surface area contributed by atoms with Gasteiger partial charge in [-0.05, 0) is 35.2 Å². The van der Waals surface area contributed by atoms with Crippen molar-refractivity contribution >= 4 is 53.0 Å². The van der Waals surface area contributed by atoms with Crippen molar-refractivity contribution in [2.24, 2.45) is 4.99 Å². The van der Waals surface area contributed by atoms with E-state index in [4.69, 9.17) is 0 Å². The van der Waals surface area contributed by atoms with Crippen LogP contribution in [0.5, 0.6) is 0 Å². The molecule has 2 aliphatic rings. The molecule has 25 heavy (non-hydrogen) atoms. The third kappa shape index (κ3) is 6.01. The second kappa shape index (κ2) is 11.0. The number of guanidine groups is 1. The monoisotopic (exact) mass is 494 g/mol. The summed E-state index contributed by atoms with van der Waals surface area (Å²) in [6, 6.07) is 2.17. The second-order valence-corrected chi connectivity index (χ2v) is 8.80. The van der Waals surface area contributed by atoms with Crippen molar-refractivity contribution in [2.45, 2.75) is 44.2 Å². The molecule has 1 aromatic heterocycles. The molecule has 0 atom stereocenters. The molecule has 1 aliphatic heterocycles. The molecule has 0 bridgehead atoms. The summed E-state index contributed by atoms with van der Waals surface area (Å²) in [6.45, 7) is 4.35. The molecule has 2 heterocycles. The lowest BCUT2D eigenvalue weighted by Crippen LogP contribution is -2.59. The van der Waals surface area contributed by atoms with E-state index in [2.05, 4.69) is 49.1 Å². The Bertz CT molecular complexity index is 509. The fourth-order valence-corrected chi connectivity index (χ4v) is 5.47. The quantitative estimate of drug-likeness (QED) is 0.372. The third-order valence-corrected chi connectivity index (χ3v) is 6.99. The van der Waals surface area contributed by atoms with Crippen molar-refractivity contribution in [3.8, 4) is 0 Å². The molecule has 1 aliphatic carbocycles. The van der Waals surface area contributed by atoms with Crippen LogP contribution < -0.4 is 10.6 Å². The van der Waals surface area contributed by atoms with Crippen molar-refractivity contribution < 1.29 is 0 Å². The number of thiophene rings is 1. The van der Waals surface area contributed by atoms with Gasteiger partial charge in [-0.1, -0.05) is 19.3 Å². The zero-order chi connectivity index (χ0) is 16.7. The topological polar surface area (TPSA) is 39.7 Å². The first-order valence-electron chi connectivity index (χ1n) is 9.11. The highest BCUT2D eigenvalue weighted by Gasteiger charge is 2.38. The molecule has 2 N–H and O–H groups in total. The molecule has 0 aromatic carbocycles. The van der Waals surface area contributed by atoms with Crippen LogP contribution in [0.4, 0.5) is 0 Å². The van der Waals surface area contributed by atoms with E-state index in [0.717, 1.165) is 19.0 Å². The number of nitrogens with one attached hydrogen (secondary N) is 2. The average Bonchev–Trinajstić information content (AvgIpc) is 3.17. The van der Waals surface area contributed by atoms with Crippen LogP contribution in [0.2, 0.25) is 0 Å². The molecule has 142 valence electrons. The SMILES string of the molecule is CN=C(NCc1ccsc1)NCC1(N2CCSCC2)CCCCC1.I. The molecule has 2 fully saturated rings. The Morgan fingerprint density at radius 1 is 1.20 bits per heavy atom. The summed E-state index contributed by atoms with van der Waals surface area (Å²) in [4.78, 5) is 7.19. The maximum Gasteiger partial charge on any atom is 0.191 e. The minimum atomic E-state index is 0. The van der Waals surface area contributed by atoms with Crippen LogP contribution in [0.25, 0.3) is 0 Å². The first-order chi connectivity index (χ1) is 11.8. The Hall–Kier alpha value is 0.01000. The lowest BCUT2D eigenvalue weighted by Gasteiger charge is -2.48. The Labute approximate surface area is 177 Å². The molecular formula is C18H31IN4S2. The second-order valence-electron chi connectivity index (χ2n) is 6.80. The predicted octanol–water partition coefficient (Wildman–Crippen LogP) is 3.78. The lowest BCUT2D eigenvalue weighted by molar-refractivity contribution is 0.0626. The van der Waals surface area contributed by atoms with E-state index in [1.165, 1.54) is 62.3 Å². The minimum Gasteiger partial charge on any atom is -0.355 e. The number of thioether (sulfide) groups is 1. The third-order valence-electron chi connectivity index (χ3n) is 5.31. The van der Waals surface area contributed by atoms with Crippen LogP contribution in [0.3, 0.4) is 0 Å². The Balaban J connectivity index is 0.00000225. The van der Waals surface area contributed by atoms with Gasteiger partial charge in [-0.3, -0.25) is 9.89 Å². The van der Waals surface area contributed by atoms with Crippen molar-refractivity contribution in [3.05, 3.63) is 22.4 Å². The number of nitrogens with zero attached hydrogens (tertiary/aromatic N) is 2. The molecule has 3 rings (SSSR count). The van der Waals surface area contributed by atoms with Gasteiger partial charge in [0.15, 0.2) is 5.96 Å². The zero-order valence-electron chi connectivity index (χ0n) is 15.1. The Kier molecular flexibility index (Phi) is 9.37. The molecule has 1 saturated carbocycles. The molecule has 1 saturated heterocycles. The van der Waals surface area contributed by atoms with E-state index >= 15 is 0 Å².